The van der Waals surface area contributed by atoms with Crippen molar-refractivity contribution in [2.75, 3.05) is 5.32 Å². The number of amides is 2. The summed E-state index contributed by atoms with van der Waals surface area (Å²) >= 11 is 12.5. The van der Waals surface area contributed by atoms with E-state index in [-0.39, 0.29) is 24.0 Å². The molecule has 0 bridgehead atoms. The molecule has 2 amide bonds. The predicted octanol–water partition coefficient (Wildman–Crippen LogP) is 4.92. The zero-order valence-corrected chi connectivity index (χ0v) is 18.7. The molecule has 3 N–H and O–H groups in total. The van der Waals surface area contributed by atoms with E-state index in [2.05, 4.69) is 16.6 Å². The molecule has 0 aliphatic carbocycles. The van der Waals surface area contributed by atoms with Crippen LogP contribution in [0.15, 0.2) is 60.7 Å². The summed E-state index contributed by atoms with van der Waals surface area (Å²) in [6, 6.07) is 16.2. The van der Waals surface area contributed by atoms with Crippen molar-refractivity contribution in [3.05, 3.63) is 93.0 Å². The number of halogens is 2. The first-order valence-electron chi connectivity index (χ1n) is 10.3. The Labute approximate surface area is 200 Å². The smallest absolute Gasteiger partial charge is 0.238 e. The van der Waals surface area contributed by atoms with Crippen molar-refractivity contribution in [1.82, 2.24) is 5.32 Å². The van der Waals surface area contributed by atoms with Crippen LogP contribution < -0.4 is 10.6 Å². The summed E-state index contributed by atoms with van der Waals surface area (Å²) in [5.41, 5.74) is 1.59. The third-order valence-corrected chi connectivity index (χ3v) is 6.98. The van der Waals surface area contributed by atoms with Crippen molar-refractivity contribution in [2.24, 2.45) is 0 Å². The Bertz CT molecular complexity index is 1360. The quantitative estimate of drug-likeness (QED) is 0.459. The zero-order valence-electron chi connectivity index (χ0n) is 17.2. The lowest BCUT2D eigenvalue weighted by Gasteiger charge is -2.46. The van der Waals surface area contributed by atoms with Gasteiger partial charge in [-0.25, -0.2) is 0 Å². The van der Waals surface area contributed by atoms with Crippen LogP contribution in [-0.2, 0) is 15.0 Å². The predicted molar refractivity (Wildman–Crippen MR) is 127 cm³/mol. The average Bonchev–Trinajstić information content (AvgIpc) is 3.07. The van der Waals surface area contributed by atoms with Crippen molar-refractivity contribution in [3.63, 3.8) is 0 Å². The van der Waals surface area contributed by atoms with E-state index in [0.717, 1.165) is 5.56 Å². The maximum Gasteiger partial charge on any atom is 0.238 e. The molecule has 3 atom stereocenters. The first-order valence-corrected chi connectivity index (χ1v) is 11.1. The summed E-state index contributed by atoms with van der Waals surface area (Å²) in [6.07, 6.45) is 5.66. The number of carbonyl (C=O) groups excluding carboxylic acids is 2. The van der Waals surface area contributed by atoms with Gasteiger partial charge in [0.2, 0.25) is 11.8 Å². The molecule has 0 aromatic heterocycles. The van der Waals surface area contributed by atoms with Gasteiger partial charge >= 0.3 is 0 Å². The van der Waals surface area contributed by atoms with Crippen molar-refractivity contribution < 1.29 is 14.7 Å². The Balaban J connectivity index is 1.84. The molecule has 7 heteroatoms. The van der Waals surface area contributed by atoms with E-state index in [4.69, 9.17) is 29.6 Å². The van der Waals surface area contributed by atoms with Crippen LogP contribution in [-0.4, -0.2) is 16.9 Å². The minimum atomic E-state index is -1.27. The largest absolute Gasteiger partial charge is 0.508 e. The molecule has 5 nitrogen and oxygen atoms in total. The Hall–Kier alpha value is -3.46. The number of nitrogens with one attached hydrogen (secondary N) is 2. The third-order valence-electron chi connectivity index (χ3n) is 6.51. The number of phenolic OH excluding ortho intramolecular Hbond substituents is 1. The lowest BCUT2D eigenvalue weighted by atomic mass is 9.59. The van der Waals surface area contributed by atoms with E-state index in [0.29, 0.717) is 32.4 Å². The molecule has 164 valence electrons. The van der Waals surface area contributed by atoms with Crippen LogP contribution in [0.2, 0.25) is 10.0 Å². The van der Waals surface area contributed by atoms with Gasteiger partial charge in [-0.2, -0.15) is 0 Å². The molecule has 0 saturated carbocycles. The summed E-state index contributed by atoms with van der Waals surface area (Å²) in [4.78, 5) is 26.9. The molecule has 1 fully saturated rings. The van der Waals surface area contributed by atoms with Gasteiger partial charge in [-0.1, -0.05) is 47.3 Å². The summed E-state index contributed by atoms with van der Waals surface area (Å²) in [5.74, 6) is 1.36. The maximum absolute atomic E-state index is 13.9. The number of terminal acetylenes is 1. The van der Waals surface area contributed by atoms with Crippen LogP contribution in [0.1, 0.15) is 40.6 Å². The molecule has 2 heterocycles. The molecule has 1 saturated heterocycles. The number of hydrogen-bond acceptors (Lipinski definition) is 3. The second-order valence-electron chi connectivity index (χ2n) is 8.24. The Morgan fingerprint density at radius 2 is 1.82 bits per heavy atom. The minimum Gasteiger partial charge on any atom is -0.508 e. The third kappa shape index (κ3) is 3.26. The standard InChI is InChI=1S/C26H18Cl2N2O3/c1-2-14-6-9-22(31)18(10-14)24-26(19-8-7-17(28)12-21(19)29-25(26)33)20(13-23(32)30-24)15-4-3-5-16(27)11-15/h1,3-12,20,24,31H,13H2,(H,29,33)(H,30,32)/t20-,24+,26-/m1/s1. The first-order chi connectivity index (χ1) is 15.8. The Kier molecular flexibility index (Phi) is 5.08. The number of anilines is 1. The highest BCUT2D eigenvalue weighted by atomic mass is 35.5. The number of carbonyl (C=O) groups is 2. The van der Waals surface area contributed by atoms with E-state index in [1.54, 1.807) is 48.5 Å². The fourth-order valence-corrected chi connectivity index (χ4v) is 5.52. The van der Waals surface area contributed by atoms with Crippen molar-refractivity contribution in [1.29, 1.82) is 0 Å². The van der Waals surface area contributed by atoms with Crippen LogP contribution >= 0.6 is 23.2 Å². The first kappa shape index (κ1) is 21.4. The van der Waals surface area contributed by atoms with Crippen LogP contribution in [0.4, 0.5) is 5.69 Å². The molecule has 0 unspecified atom stereocenters. The second-order valence-corrected chi connectivity index (χ2v) is 9.12. The summed E-state index contributed by atoms with van der Waals surface area (Å²) in [5, 5.41) is 17.7. The van der Waals surface area contributed by atoms with Gasteiger partial charge in [0, 0.05) is 39.2 Å². The van der Waals surface area contributed by atoms with Gasteiger partial charge in [0.05, 0.1) is 6.04 Å². The summed E-state index contributed by atoms with van der Waals surface area (Å²) < 4.78 is 0. The highest BCUT2D eigenvalue weighted by molar-refractivity contribution is 6.31. The molecular weight excluding hydrogens is 459 g/mol. The Morgan fingerprint density at radius 3 is 2.58 bits per heavy atom. The lowest BCUT2D eigenvalue weighted by Crippen LogP contribution is -2.56. The molecule has 2 aliphatic heterocycles. The maximum atomic E-state index is 13.9. The fraction of sp³-hybridized carbons (Fsp3) is 0.154. The number of rotatable bonds is 2. The topological polar surface area (TPSA) is 78.4 Å². The van der Waals surface area contributed by atoms with Gasteiger partial charge in [-0.05, 0) is 53.6 Å². The zero-order chi connectivity index (χ0) is 23.3. The van der Waals surface area contributed by atoms with Gasteiger partial charge in [0.15, 0.2) is 0 Å². The van der Waals surface area contributed by atoms with E-state index in [9.17, 15) is 14.7 Å². The summed E-state index contributed by atoms with van der Waals surface area (Å²) in [7, 11) is 0. The van der Waals surface area contributed by atoms with E-state index in [1.807, 2.05) is 6.07 Å². The molecule has 0 radical (unpaired) electrons. The van der Waals surface area contributed by atoms with E-state index >= 15 is 0 Å². The SMILES string of the molecule is C#Cc1ccc(O)c([C@@H]2NC(=O)C[C@H](c3cccc(Cl)c3)[C@@]23C(=O)Nc2cc(Cl)ccc23)c1. The summed E-state index contributed by atoms with van der Waals surface area (Å²) in [6.45, 7) is 0. The number of benzene rings is 3. The van der Waals surface area contributed by atoms with Gasteiger partial charge < -0.3 is 15.7 Å². The van der Waals surface area contributed by atoms with E-state index in [1.165, 1.54) is 6.07 Å². The highest BCUT2D eigenvalue weighted by Crippen LogP contribution is 2.58. The number of fused-ring (bicyclic) bond motifs is 2. The van der Waals surface area contributed by atoms with Gasteiger partial charge in [-0.15, -0.1) is 6.42 Å². The van der Waals surface area contributed by atoms with E-state index < -0.39 is 17.4 Å². The molecule has 1 spiro atoms. The van der Waals surface area contributed by atoms with Gasteiger partial charge in [0.1, 0.15) is 11.2 Å². The number of phenols is 1. The molecule has 5 rings (SSSR count). The molecule has 2 aliphatic rings. The van der Waals surface area contributed by atoms with Gasteiger partial charge in [0.25, 0.3) is 0 Å². The van der Waals surface area contributed by atoms with Gasteiger partial charge in [-0.3, -0.25) is 9.59 Å². The Morgan fingerprint density at radius 1 is 1.03 bits per heavy atom. The normalized spacial score (nSPS) is 23.5. The minimum absolute atomic E-state index is 0.0575. The average molecular weight is 477 g/mol. The number of hydrogen-bond donors (Lipinski definition) is 3. The molecular formula is C26H18Cl2N2O3. The second kappa shape index (κ2) is 7.84. The number of aromatic hydroxyl groups is 1. The monoisotopic (exact) mass is 476 g/mol. The number of piperidine rings is 1. The van der Waals surface area contributed by atoms with Crippen LogP contribution in [0.25, 0.3) is 0 Å². The molecule has 3 aromatic rings. The van der Waals surface area contributed by atoms with Crippen molar-refractivity contribution in [3.8, 4) is 18.1 Å². The van der Waals surface area contributed by atoms with Crippen molar-refractivity contribution >= 4 is 40.7 Å². The fourth-order valence-electron chi connectivity index (χ4n) is 5.15. The van der Waals surface area contributed by atoms with Crippen LogP contribution in [0.5, 0.6) is 5.75 Å². The molecule has 3 aromatic carbocycles. The lowest BCUT2D eigenvalue weighted by molar-refractivity contribution is -0.131. The van der Waals surface area contributed by atoms with Crippen LogP contribution in [0, 0.1) is 12.3 Å². The van der Waals surface area contributed by atoms with Crippen molar-refractivity contribution in [2.45, 2.75) is 23.8 Å². The molecule has 33 heavy (non-hydrogen) atoms. The highest BCUT2D eigenvalue weighted by Gasteiger charge is 2.61. The van der Waals surface area contributed by atoms with Crippen LogP contribution in [0.3, 0.4) is 0 Å².